The third kappa shape index (κ3) is 6.73. The molecule has 2 aromatic carbocycles. The molecule has 0 aliphatic carbocycles. The Labute approximate surface area is 161 Å². The van der Waals surface area contributed by atoms with E-state index in [1.165, 1.54) is 0 Å². The highest BCUT2D eigenvalue weighted by Gasteiger charge is 2.09. The van der Waals surface area contributed by atoms with Gasteiger partial charge >= 0.3 is 6.03 Å². The summed E-state index contributed by atoms with van der Waals surface area (Å²) in [7, 11) is 1.57. The van der Waals surface area contributed by atoms with Crippen molar-refractivity contribution in [2.45, 2.75) is 33.1 Å². The van der Waals surface area contributed by atoms with Gasteiger partial charge in [0.15, 0.2) is 11.5 Å². The van der Waals surface area contributed by atoms with Crippen molar-refractivity contribution < 1.29 is 14.3 Å². The average Bonchev–Trinajstić information content (AvgIpc) is 2.68. The quantitative estimate of drug-likeness (QED) is 0.500. The molecule has 0 heterocycles. The monoisotopic (exact) mass is 371 g/mol. The number of methoxy groups -OCH3 is 1. The maximum absolute atomic E-state index is 11.9. The van der Waals surface area contributed by atoms with Crippen LogP contribution in [0.5, 0.6) is 17.2 Å². The highest BCUT2D eigenvalue weighted by molar-refractivity contribution is 5.89. The van der Waals surface area contributed by atoms with Crippen molar-refractivity contribution in [3.8, 4) is 17.2 Å². The van der Waals surface area contributed by atoms with Gasteiger partial charge in [0.1, 0.15) is 5.75 Å². The van der Waals surface area contributed by atoms with Crippen LogP contribution in [0.15, 0.2) is 42.5 Å². The highest BCUT2D eigenvalue weighted by atomic mass is 16.5. The Hall–Kier alpha value is -2.89. The van der Waals surface area contributed by atoms with Gasteiger partial charge in [-0.15, -0.1) is 0 Å². The van der Waals surface area contributed by atoms with Crippen molar-refractivity contribution >= 4 is 17.4 Å². The van der Waals surface area contributed by atoms with Crippen LogP contribution in [-0.4, -0.2) is 26.2 Å². The largest absolute Gasteiger partial charge is 0.493 e. The van der Waals surface area contributed by atoms with Crippen LogP contribution in [0.1, 0.15) is 33.1 Å². The minimum absolute atomic E-state index is 0.221. The van der Waals surface area contributed by atoms with Crippen LogP contribution in [0.25, 0.3) is 0 Å². The van der Waals surface area contributed by atoms with Gasteiger partial charge in [-0.05, 0) is 49.7 Å². The van der Waals surface area contributed by atoms with E-state index in [2.05, 4.69) is 29.8 Å². The minimum atomic E-state index is -0.221. The van der Waals surface area contributed by atoms with E-state index in [0.29, 0.717) is 29.5 Å². The van der Waals surface area contributed by atoms with E-state index in [-0.39, 0.29) is 6.03 Å². The van der Waals surface area contributed by atoms with Gasteiger partial charge in [-0.2, -0.15) is 0 Å². The second-order valence-corrected chi connectivity index (χ2v) is 6.11. The Morgan fingerprint density at radius 2 is 1.70 bits per heavy atom. The number of ether oxygens (including phenoxy) is 2. The summed E-state index contributed by atoms with van der Waals surface area (Å²) in [6.45, 7) is 5.72. The predicted molar refractivity (Wildman–Crippen MR) is 110 cm³/mol. The van der Waals surface area contributed by atoms with Crippen molar-refractivity contribution in [2.75, 3.05) is 30.8 Å². The first-order chi connectivity index (χ1) is 13.2. The number of unbranched alkanes of at least 4 members (excludes halogenated alkanes) is 2. The van der Waals surface area contributed by atoms with E-state index in [1.54, 1.807) is 25.3 Å². The van der Waals surface area contributed by atoms with E-state index < -0.39 is 0 Å². The zero-order valence-corrected chi connectivity index (χ0v) is 16.3. The molecular formula is C21H29N3O3. The molecule has 6 heteroatoms. The fourth-order valence-corrected chi connectivity index (χ4v) is 2.55. The minimum Gasteiger partial charge on any atom is -0.493 e. The van der Waals surface area contributed by atoms with E-state index >= 15 is 0 Å². The van der Waals surface area contributed by atoms with Crippen LogP contribution >= 0.6 is 0 Å². The number of hydrogen-bond acceptors (Lipinski definition) is 4. The molecule has 6 nitrogen and oxygen atoms in total. The van der Waals surface area contributed by atoms with Crippen LogP contribution in [0.2, 0.25) is 0 Å². The maximum Gasteiger partial charge on any atom is 0.319 e. The molecule has 0 unspecified atom stereocenters. The van der Waals surface area contributed by atoms with E-state index in [1.807, 2.05) is 24.3 Å². The number of anilines is 2. The van der Waals surface area contributed by atoms with Gasteiger partial charge in [-0.3, -0.25) is 0 Å². The number of carbonyl (C=O) groups is 1. The Morgan fingerprint density at radius 3 is 2.37 bits per heavy atom. The van der Waals surface area contributed by atoms with Crippen LogP contribution < -0.4 is 25.4 Å². The van der Waals surface area contributed by atoms with Gasteiger partial charge < -0.3 is 25.4 Å². The molecular weight excluding hydrogens is 342 g/mol. The SMILES string of the molecule is CCCCCNC(=O)Nc1ccc(Oc2ccc(NCC)cc2)c(OC)c1. The maximum atomic E-state index is 11.9. The summed E-state index contributed by atoms with van der Waals surface area (Å²) in [5.74, 6) is 1.85. The summed E-state index contributed by atoms with van der Waals surface area (Å²) >= 11 is 0. The summed E-state index contributed by atoms with van der Waals surface area (Å²) in [6, 6.07) is 12.8. The lowest BCUT2D eigenvalue weighted by Gasteiger charge is -2.13. The van der Waals surface area contributed by atoms with Gasteiger partial charge in [0.2, 0.25) is 0 Å². The summed E-state index contributed by atoms with van der Waals surface area (Å²) in [5.41, 5.74) is 1.69. The van der Waals surface area contributed by atoms with Gasteiger partial charge in [0, 0.05) is 30.5 Å². The fraction of sp³-hybridized carbons (Fsp3) is 0.381. The standard InChI is InChI=1S/C21H29N3O3/c1-4-6-7-14-23-21(25)24-17-10-13-19(20(15-17)26-3)27-18-11-8-16(9-12-18)22-5-2/h8-13,15,22H,4-7,14H2,1-3H3,(H2,23,24,25). The van der Waals surface area contributed by atoms with E-state index in [0.717, 1.165) is 31.5 Å². The molecule has 27 heavy (non-hydrogen) atoms. The van der Waals surface area contributed by atoms with Crippen molar-refractivity contribution in [3.63, 3.8) is 0 Å². The number of rotatable bonds is 10. The summed E-state index contributed by atoms with van der Waals surface area (Å²) in [4.78, 5) is 11.9. The zero-order valence-electron chi connectivity index (χ0n) is 16.3. The Morgan fingerprint density at radius 1 is 0.963 bits per heavy atom. The first-order valence-corrected chi connectivity index (χ1v) is 9.41. The zero-order chi connectivity index (χ0) is 19.5. The van der Waals surface area contributed by atoms with Crippen LogP contribution in [-0.2, 0) is 0 Å². The van der Waals surface area contributed by atoms with Crippen LogP contribution in [0.4, 0.5) is 16.2 Å². The smallest absolute Gasteiger partial charge is 0.319 e. The summed E-state index contributed by atoms with van der Waals surface area (Å²) < 4.78 is 11.3. The number of carbonyl (C=O) groups excluding carboxylic acids is 1. The molecule has 0 aliphatic rings. The number of urea groups is 1. The van der Waals surface area contributed by atoms with Gasteiger partial charge in [0.05, 0.1) is 7.11 Å². The topological polar surface area (TPSA) is 71.6 Å². The molecule has 146 valence electrons. The molecule has 0 atom stereocenters. The normalized spacial score (nSPS) is 10.2. The number of hydrogen-bond donors (Lipinski definition) is 3. The Balaban J connectivity index is 1.97. The Kier molecular flexibility index (Phi) is 8.29. The second-order valence-electron chi connectivity index (χ2n) is 6.11. The molecule has 0 fully saturated rings. The molecule has 0 radical (unpaired) electrons. The number of nitrogens with one attached hydrogen (secondary N) is 3. The van der Waals surface area contributed by atoms with Crippen molar-refractivity contribution in [3.05, 3.63) is 42.5 Å². The lowest BCUT2D eigenvalue weighted by atomic mass is 10.2. The van der Waals surface area contributed by atoms with Crippen molar-refractivity contribution in [1.82, 2.24) is 5.32 Å². The average molecular weight is 371 g/mol. The molecule has 0 saturated carbocycles. The van der Waals surface area contributed by atoms with Crippen molar-refractivity contribution in [2.24, 2.45) is 0 Å². The third-order valence-corrected chi connectivity index (χ3v) is 3.95. The predicted octanol–water partition coefficient (Wildman–Crippen LogP) is 5.23. The van der Waals surface area contributed by atoms with Crippen LogP contribution in [0, 0.1) is 0 Å². The number of amides is 2. The lowest BCUT2D eigenvalue weighted by Crippen LogP contribution is -2.29. The molecule has 0 spiro atoms. The molecule has 0 bridgehead atoms. The summed E-state index contributed by atoms with van der Waals surface area (Å²) in [5, 5.41) is 8.90. The van der Waals surface area contributed by atoms with Crippen LogP contribution in [0.3, 0.4) is 0 Å². The molecule has 3 N–H and O–H groups in total. The van der Waals surface area contributed by atoms with E-state index in [4.69, 9.17) is 9.47 Å². The first-order valence-electron chi connectivity index (χ1n) is 9.41. The number of benzene rings is 2. The van der Waals surface area contributed by atoms with Gasteiger partial charge in [-0.1, -0.05) is 19.8 Å². The molecule has 0 saturated heterocycles. The third-order valence-electron chi connectivity index (χ3n) is 3.95. The highest BCUT2D eigenvalue weighted by Crippen LogP contribution is 2.34. The second kappa shape index (κ2) is 11.0. The van der Waals surface area contributed by atoms with Gasteiger partial charge in [0.25, 0.3) is 0 Å². The van der Waals surface area contributed by atoms with Crippen molar-refractivity contribution in [1.29, 1.82) is 0 Å². The molecule has 0 aliphatic heterocycles. The fourth-order valence-electron chi connectivity index (χ4n) is 2.55. The van der Waals surface area contributed by atoms with E-state index in [9.17, 15) is 4.79 Å². The lowest BCUT2D eigenvalue weighted by molar-refractivity contribution is 0.252. The Bertz CT molecular complexity index is 717. The molecule has 2 rings (SSSR count). The van der Waals surface area contributed by atoms with Gasteiger partial charge in [-0.25, -0.2) is 4.79 Å². The molecule has 2 amide bonds. The first kappa shape index (κ1) is 20.4. The molecule has 2 aromatic rings. The summed E-state index contributed by atoms with van der Waals surface area (Å²) in [6.07, 6.45) is 3.21. The molecule has 0 aromatic heterocycles.